The summed E-state index contributed by atoms with van der Waals surface area (Å²) in [6.45, 7) is 4.64. The van der Waals surface area contributed by atoms with Gasteiger partial charge in [-0.05, 0) is 38.0 Å². The molecule has 1 aromatic carbocycles. The third-order valence-electron chi connectivity index (χ3n) is 4.38. The van der Waals surface area contributed by atoms with Crippen molar-refractivity contribution in [3.8, 4) is 5.75 Å². The van der Waals surface area contributed by atoms with Crippen LogP contribution in [0.2, 0.25) is 0 Å². The number of carbonyl (C=O) groups excluding carboxylic acids is 2. The van der Waals surface area contributed by atoms with Crippen LogP contribution in [0.3, 0.4) is 0 Å². The van der Waals surface area contributed by atoms with Crippen molar-refractivity contribution in [3.63, 3.8) is 0 Å². The van der Waals surface area contributed by atoms with Crippen molar-refractivity contribution in [1.82, 2.24) is 19.8 Å². The van der Waals surface area contributed by atoms with Crippen molar-refractivity contribution in [2.24, 2.45) is 5.16 Å². The molecule has 30 heavy (non-hydrogen) atoms. The number of nitrogens with one attached hydrogen (secondary N) is 1. The number of aromatic nitrogens is 2. The van der Waals surface area contributed by atoms with E-state index in [-0.39, 0.29) is 30.8 Å². The lowest BCUT2D eigenvalue weighted by Crippen LogP contribution is -2.42. The van der Waals surface area contributed by atoms with Crippen molar-refractivity contribution in [1.29, 1.82) is 0 Å². The number of carbonyl (C=O) groups is 2. The average Bonchev–Trinajstić information content (AvgIpc) is 3.14. The molecule has 0 radical (unpaired) electrons. The summed E-state index contributed by atoms with van der Waals surface area (Å²) in [7, 11) is 1.60. The molecule has 9 heteroatoms. The van der Waals surface area contributed by atoms with E-state index in [4.69, 9.17) is 9.94 Å². The number of hydrogen-bond acceptors (Lipinski definition) is 6. The third kappa shape index (κ3) is 7.23. The van der Waals surface area contributed by atoms with Crippen LogP contribution in [0, 0.1) is 0 Å². The van der Waals surface area contributed by atoms with Gasteiger partial charge in [-0.3, -0.25) is 9.59 Å². The van der Waals surface area contributed by atoms with Crippen molar-refractivity contribution >= 4 is 18.0 Å². The van der Waals surface area contributed by atoms with Crippen LogP contribution in [0.15, 0.2) is 41.8 Å². The number of nitrogens with zero attached hydrogens (tertiary/aromatic N) is 4. The van der Waals surface area contributed by atoms with Gasteiger partial charge in [0.15, 0.2) is 5.82 Å². The summed E-state index contributed by atoms with van der Waals surface area (Å²) in [5.41, 5.74) is 0.914. The van der Waals surface area contributed by atoms with Crippen molar-refractivity contribution in [2.45, 2.75) is 45.8 Å². The number of imidazole rings is 1. The number of benzene rings is 1. The van der Waals surface area contributed by atoms with Crippen LogP contribution in [0.4, 0.5) is 0 Å². The van der Waals surface area contributed by atoms with Gasteiger partial charge in [0.2, 0.25) is 11.8 Å². The fraction of sp³-hybridized carbons (Fsp3) is 0.429. The molecule has 9 nitrogen and oxygen atoms in total. The van der Waals surface area contributed by atoms with Gasteiger partial charge in [0.25, 0.3) is 0 Å². The minimum absolute atomic E-state index is 0.00305. The Morgan fingerprint density at radius 3 is 2.70 bits per heavy atom. The highest BCUT2D eigenvalue weighted by molar-refractivity contribution is 5.84. The van der Waals surface area contributed by atoms with Crippen LogP contribution < -0.4 is 10.1 Å². The molecular weight excluding hydrogens is 386 g/mol. The minimum Gasteiger partial charge on any atom is -0.497 e. The quantitative estimate of drug-likeness (QED) is 0.332. The average molecular weight is 415 g/mol. The van der Waals surface area contributed by atoms with E-state index in [9.17, 15) is 9.59 Å². The maximum Gasteiger partial charge on any atom is 0.239 e. The summed E-state index contributed by atoms with van der Waals surface area (Å²) in [5.74, 6) is 0.943. The molecule has 0 aliphatic heterocycles. The van der Waals surface area contributed by atoms with Gasteiger partial charge in [-0.1, -0.05) is 17.3 Å². The number of oxime groups is 1. The first kappa shape index (κ1) is 22.9. The molecule has 1 heterocycles. The van der Waals surface area contributed by atoms with E-state index in [1.807, 2.05) is 38.1 Å². The monoisotopic (exact) mass is 415 g/mol. The Morgan fingerprint density at radius 2 is 2.07 bits per heavy atom. The summed E-state index contributed by atoms with van der Waals surface area (Å²) in [6.07, 6.45) is 5.44. The fourth-order valence-corrected chi connectivity index (χ4v) is 2.97. The fourth-order valence-electron chi connectivity index (χ4n) is 2.97. The molecule has 0 unspecified atom stereocenters. The zero-order valence-electron chi connectivity index (χ0n) is 17.6. The molecule has 2 aromatic rings. The second kappa shape index (κ2) is 11.6. The Hall–Kier alpha value is -3.36. The summed E-state index contributed by atoms with van der Waals surface area (Å²) in [5, 5.41) is 14.5. The zero-order chi connectivity index (χ0) is 21.9. The van der Waals surface area contributed by atoms with Crippen LogP contribution in [0.1, 0.15) is 38.1 Å². The lowest BCUT2D eigenvalue weighted by atomic mass is 10.2. The number of aryl methyl sites for hydroxylation is 1. The molecule has 0 aliphatic carbocycles. The zero-order valence-corrected chi connectivity index (χ0v) is 17.6. The Morgan fingerprint density at radius 1 is 1.33 bits per heavy atom. The smallest absolute Gasteiger partial charge is 0.239 e. The van der Waals surface area contributed by atoms with Crippen LogP contribution in [0.25, 0.3) is 0 Å². The highest BCUT2D eigenvalue weighted by atomic mass is 16.5. The number of hydrogen-bond donors (Lipinski definition) is 2. The highest BCUT2D eigenvalue weighted by Crippen LogP contribution is 2.14. The Balaban J connectivity index is 2.00. The van der Waals surface area contributed by atoms with Gasteiger partial charge in [0.05, 0.1) is 13.7 Å². The standard InChI is InChI=1S/C21H29N5O4/c1-16(2)24-20(27)15-26(14-17-6-8-18(30-3)9-7-17)21(28)5-4-11-25-12-10-22-19(25)13-23-29/h6-10,12-13,16,29H,4-5,11,14-15H2,1-3H3,(H,24,27)/b23-13+. The molecule has 0 bridgehead atoms. The Kier molecular flexibility index (Phi) is 8.86. The molecule has 162 valence electrons. The van der Waals surface area contributed by atoms with Gasteiger partial charge in [0, 0.05) is 37.9 Å². The molecule has 2 amide bonds. The molecule has 0 atom stereocenters. The predicted molar refractivity (Wildman–Crippen MR) is 113 cm³/mol. The van der Waals surface area contributed by atoms with E-state index >= 15 is 0 Å². The molecule has 0 fully saturated rings. The third-order valence-corrected chi connectivity index (χ3v) is 4.38. The molecule has 0 saturated carbocycles. The van der Waals surface area contributed by atoms with Crippen molar-refractivity contribution in [3.05, 3.63) is 48.0 Å². The normalized spacial score (nSPS) is 11.1. The molecule has 2 rings (SSSR count). The summed E-state index contributed by atoms with van der Waals surface area (Å²) in [4.78, 5) is 30.8. The molecule has 2 N–H and O–H groups in total. The number of rotatable bonds is 11. The lowest BCUT2D eigenvalue weighted by molar-refractivity contribution is -0.137. The van der Waals surface area contributed by atoms with Gasteiger partial charge in [-0.2, -0.15) is 0 Å². The van der Waals surface area contributed by atoms with Gasteiger partial charge in [0.1, 0.15) is 12.0 Å². The van der Waals surface area contributed by atoms with E-state index in [0.717, 1.165) is 11.3 Å². The first-order valence-electron chi connectivity index (χ1n) is 9.81. The van der Waals surface area contributed by atoms with Crippen molar-refractivity contribution in [2.75, 3.05) is 13.7 Å². The topological polar surface area (TPSA) is 109 Å². The first-order chi connectivity index (χ1) is 14.4. The Bertz CT molecular complexity index is 845. The van der Waals surface area contributed by atoms with Crippen molar-refractivity contribution < 1.29 is 19.5 Å². The molecule has 0 saturated heterocycles. The summed E-state index contributed by atoms with van der Waals surface area (Å²) < 4.78 is 6.97. The second-order valence-electron chi connectivity index (χ2n) is 7.15. The van der Waals surface area contributed by atoms with E-state index < -0.39 is 0 Å². The summed E-state index contributed by atoms with van der Waals surface area (Å²) >= 11 is 0. The highest BCUT2D eigenvalue weighted by Gasteiger charge is 2.18. The maximum atomic E-state index is 12.9. The van der Waals surface area contributed by atoms with E-state index in [1.165, 1.54) is 6.21 Å². The lowest BCUT2D eigenvalue weighted by Gasteiger charge is -2.23. The van der Waals surface area contributed by atoms with Gasteiger partial charge < -0.3 is 24.7 Å². The summed E-state index contributed by atoms with van der Waals surface area (Å²) in [6, 6.07) is 7.42. The van der Waals surface area contributed by atoms with E-state index in [1.54, 1.807) is 29.0 Å². The van der Waals surface area contributed by atoms with Crippen LogP contribution >= 0.6 is 0 Å². The van der Waals surface area contributed by atoms with Crippen LogP contribution in [-0.2, 0) is 22.7 Å². The maximum absolute atomic E-state index is 12.9. The van der Waals surface area contributed by atoms with Crippen LogP contribution in [-0.4, -0.2) is 57.4 Å². The van der Waals surface area contributed by atoms with Gasteiger partial charge in [-0.25, -0.2) is 4.98 Å². The molecule has 0 aliphatic rings. The van der Waals surface area contributed by atoms with E-state index in [0.29, 0.717) is 25.3 Å². The predicted octanol–water partition coefficient (Wildman–Crippen LogP) is 2.03. The molecule has 1 aromatic heterocycles. The number of methoxy groups -OCH3 is 1. The second-order valence-corrected chi connectivity index (χ2v) is 7.15. The number of amides is 2. The molecular formula is C21H29N5O4. The minimum atomic E-state index is -0.192. The van der Waals surface area contributed by atoms with Crippen LogP contribution in [0.5, 0.6) is 5.75 Å². The van der Waals surface area contributed by atoms with E-state index in [2.05, 4.69) is 15.5 Å². The van der Waals surface area contributed by atoms with Gasteiger partial charge in [-0.15, -0.1) is 0 Å². The molecule has 0 spiro atoms. The number of ether oxygens (including phenoxy) is 1. The SMILES string of the molecule is COc1ccc(CN(CC(=O)NC(C)C)C(=O)CCCn2ccnc2/C=N/O)cc1. The van der Waals surface area contributed by atoms with Gasteiger partial charge >= 0.3 is 0 Å². The first-order valence-corrected chi connectivity index (χ1v) is 9.81. The largest absolute Gasteiger partial charge is 0.497 e. The Labute approximate surface area is 176 Å².